The van der Waals surface area contributed by atoms with Crippen molar-refractivity contribution < 1.29 is 14.4 Å². The molecule has 1 rings (SSSR count). The fraction of sp³-hybridized carbons (Fsp3) is 0. The van der Waals surface area contributed by atoms with Crippen LogP contribution in [0.3, 0.4) is 0 Å². The molecule has 0 aliphatic heterocycles. The number of nitro groups is 1. The standard InChI is InChI=1S/C6H3ClFNO3/c7-3-1-4(8)6(10)2-5(3)9(11)12/h1-2,10H. The van der Waals surface area contributed by atoms with Crippen molar-refractivity contribution in [2.24, 2.45) is 0 Å². The van der Waals surface area contributed by atoms with E-state index < -0.39 is 22.2 Å². The first kappa shape index (κ1) is 8.73. The highest BCUT2D eigenvalue weighted by Crippen LogP contribution is 2.30. The molecule has 0 radical (unpaired) electrons. The van der Waals surface area contributed by atoms with Crippen molar-refractivity contribution in [1.82, 2.24) is 0 Å². The molecular weight excluding hydrogens is 189 g/mol. The molecular formula is C6H3ClFNO3. The van der Waals surface area contributed by atoms with Crippen LogP contribution in [-0.4, -0.2) is 10.0 Å². The molecule has 0 fully saturated rings. The molecule has 0 unspecified atom stereocenters. The Balaban J connectivity index is 3.33. The Morgan fingerprint density at radius 3 is 2.67 bits per heavy atom. The number of nitro benzene ring substituents is 1. The molecule has 0 atom stereocenters. The highest BCUT2D eigenvalue weighted by molar-refractivity contribution is 6.32. The van der Waals surface area contributed by atoms with E-state index in [2.05, 4.69) is 0 Å². The van der Waals surface area contributed by atoms with Gasteiger partial charge in [0.1, 0.15) is 5.02 Å². The number of aromatic hydroxyl groups is 1. The Kier molecular flexibility index (Phi) is 2.14. The summed E-state index contributed by atoms with van der Waals surface area (Å²) >= 11 is 5.30. The topological polar surface area (TPSA) is 63.4 Å². The van der Waals surface area contributed by atoms with Crippen molar-refractivity contribution in [3.8, 4) is 5.75 Å². The fourth-order valence-corrected chi connectivity index (χ4v) is 0.886. The minimum atomic E-state index is -0.981. The lowest BCUT2D eigenvalue weighted by molar-refractivity contribution is -0.384. The zero-order chi connectivity index (χ0) is 9.30. The van der Waals surface area contributed by atoms with Crippen LogP contribution in [0, 0.1) is 15.9 Å². The number of hydrogen-bond donors (Lipinski definition) is 1. The molecule has 0 spiro atoms. The summed E-state index contributed by atoms with van der Waals surface area (Å²) < 4.78 is 12.5. The first-order valence-corrected chi connectivity index (χ1v) is 3.22. The van der Waals surface area contributed by atoms with E-state index in [1.807, 2.05) is 0 Å². The van der Waals surface area contributed by atoms with Gasteiger partial charge in [0.25, 0.3) is 5.69 Å². The van der Waals surface area contributed by atoms with Gasteiger partial charge in [0, 0.05) is 6.07 Å². The summed E-state index contributed by atoms with van der Waals surface area (Å²) in [6.45, 7) is 0. The van der Waals surface area contributed by atoms with Gasteiger partial charge in [0.05, 0.1) is 11.0 Å². The van der Waals surface area contributed by atoms with Crippen molar-refractivity contribution in [2.45, 2.75) is 0 Å². The number of halogens is 2. The number of hydrogen-bond acceptors (Lipinski definition) is 3. The van der Waals surface area contributed by atoms with Crippen LogP contribution < -0.4 is 0 Å². The fourth-order valence-electron chi connectivity index (χ4n) is 0.666. The van der Waals surface area contributed by atoms with Gasteiger partial charge in [-0.3, -0.25) is 10.1 Å². The summed E-state index contributed by atoms with van der Waals surface area (Å²) in [5, 5.41) is 18.6. The lowest BCUT2D eigenvalue weighted by Crippen LogP contribution is -1.89. The molecule has 6 heteroatoms. The SMILES string of the molecule is O=[N+]([O-])c1cc(O)c(F)cc1Cl. The average Bonchev–Trinajstić information content (AvgIpc) is 1.96. The van der Waals surface area contributed by atoms with E-state index in [1.54, 1.807) is 0 Å². The summed E-state index contributed by atoms with van der Waals surface area (Å²) in [5.41, 5.74) is -0.518. The molecule has 1 aromatic rings. The van der Waals surface area contributed by atoms with Crippen molar-refractivity contribution >= 4 is 17.3 Å². The predicted molar refractivity (Wildman–Crippen MR) is 39.7 cm³/mol. The molecule has 0 saturated heterocycles. The molecule has 1 N–H and O–H groups in total. The van der Waals surface area contributed by atoms with E-state index in [0.717, 1.165) is 0 Å². The van der Waals surface area contributed by atoms with E-state index in [1.165, 1.54) is 0 Å². The third-order valence-corrected chi connectivity index (χ3v) is 1.52. The van der Waals surface area contributed by atoms with Gasteiger partial charge in [-0.05, 0) is 0 Å². The third kappa shape index (κ3) is 1.45. The second-order valence-electron chi connectivity index (χ2n) is 2.01. The lowest BCUT2D eigenvalue weighted by atomic mass is 10.3. The maximum Gasteiger partial charge on any atom is 0.291 e. The smallest absolute Gasteiger partial charge is 0.291 e. The van der Waals surface area contributed by atoms with Crippen LogP contribution in [0.15, 0.2) is 12.1 Å². The van der Waals surface area contributed by atoms with Gasteiger partial charge < -0.3 is 5.11 Å². The van der Waals surface area contributed by atoms with E-state index in [4.69, 9.17) is 16.7 Å². The summed E-state index contributed by atoms with van der Waals surface area (Å²) in [6.07, 6.45) is 0. The molecule has 1 aromatic carbocycles. The molecule has 0 heterocycles. The van der Waals surface area contributed by atoms with Crippen molar-refractivity contribution in [1.29, 1.82) is 0 Å². The minimum absolute atomic E-state index is 0.338. The monoisotopic (exact) mass is 191 g/mol. The summed E-state index contributed by atoms with van der Waals surface area (Å²) in [4.78, 5) is 9.37. The maximum absolute atomic E-state index is 12.5. The molecule has 12 heavy (non-hydrogen) atoms. The van der Waals surface area contributed by atoms with Gasteiger partial charge in [-0.25, -0.2) is 4.39 Å². The van der Waals surface area contributed by atoms with Crippen molar-refractivity contribution in [3.63, 3.8) is 0 Å². The Hall–Kier alpha value is -1.36. The molecule has 0 aliphatic carbocycles. The minimum Gasteiger partial charge on any atom is -0.505 e. The second-order valence-corrected chi connectivity index (χ2v) is 2.42. The largest absolute Gasteiger partial charge is 0.505 e. The van der Waals surface area contributed by atoms with E-state index in [9.17, 15) is 14.5 Å². The normalized spacial score (nSPS) is 9.83. The Bertz CT molecular complexity index is 342. The Morgan fingerprint density at radius 2 is 2.17 bits per heavy atom. The number of benzene rings is 1. The van der Waals surface area contributed by atoms with Crippen LogP contribution in [0.5, 0.6) is 5.75 Å². The Labute approximate surface area is 71.3 Å². The van der Waals surface area contributed by atoms with Crippen LogP contribution in [-0.2, 0) is 0 Å². The molecule has 0 aromatic heterocycles. The molecule has 0 saturated carbocycles. The summed E-state index contributed by atoms with van der Waals surface area (Å²) in [7, 11) is 0. The van der Waals surface area contributed by atoms with Gasteiger partial charge in [0.2, 0.25) is 0 Å². The molecule has 0 bridgehead atoms. The molecule has 4 nitrogen and oxygen atoms in total. The van der Waals surface area contributed by atoms with Gasteiger partial charge in [0.15, 0.2) is 11.6 Å². The van der Waals surface area contributed by atoms with Crippen LogP contribution in [0.1, 0.15) is 0 Å². The van der Waals surface area contributed by atoms with Crippen LogP contribution >= 0.6 is 11.6 Å². The zero-order valence-corrected chi connectivity index (χ0v) is 6.38. The van der Waals surface area contributed by atoms with Crippen LogP contribution in [0.4, 0.5) is 10.1 Å². The average molecular weight is 192 g/mol. The van der Waals surface area contributed by atoms with E-state index in [-0.39, 0.29) is 5.02 Å². The number of nitrogens with zero attached hydrogens (tertiary/aromatic N) is 1. The Morgan fingerprint density at radius 1 is 1.58 bits per heavy atom. The van der Waals surface area contributed by atoms with Crippen molar-refractivity contribution in [2.75, 3.05) is 0 Å². The maximum atomic E-state index is 12.5. The number of phenols is 1. The van der Waals surface area contributed by atoms with E-state index in [0.29, 0.717) is 12.1 Å². The quantitative estimate of drug-likeness (QED) is 0.546. The highest BCUT2D eigenvalue weighted by atomic mass is 35.5. The van der Waals surface area contributed by atoms with Gasteiger partial charge in [-0.1, -0.05) is 11.6 Å². The molecule has 0 aliphatic rings. The van der Waals surface area contributed by atoms with Crippen molar-refractivity contribution in [3.05, 3.63) is 33.1 Å². The zero-order valence-electron chi connectivity index (χ0n) is 5.62. The van der Waals surface area contributed by atoms with Gasteiger partial charge in [-0.15, -0.1) is 0 Å². The summed E-state index contributed by atoms with van der Waals surface area (Å²) in [5.74, 6) is -1.77. The molecule has 0 amide bonds. The molecule has 64 valence electrons. The highest BCUT2D eigenvalue weighted by Gasteiger charge is 2.15. The van der Waals surface area contributed by atoms with Crippen LogP contribution in [0.25, 0.3) is 0 Å². The van der Waals surface area contributed by atoms with Gasteiger partial charge in [-0.2, -0.15) is 0 Å². The van der Waals surface area contributed by atoms with E-state index >= 15 is 0 Å². The second kappa shape index (κ2) is 2.94. The number of rotatable bonds is 1. The predicted octanol–water partition coefficient (Wildman–Crippen LogP) is 2.09. The lowest BCUT2D eigenvalue weighted by Gasteiger charge is -1.96. The summed E-state index contributed by atoms with van der Waals surface area (Å²) in [6, 6.07) is 1.35. The third-order valence-electron chi connectivity index (χ3n) is 1.21. The van der Waals surface area contributed by atoms with Gasteiger partial charge >= 0.3 is 0 Å². The first-order chi connectivity index (χ1) is 5.52. The number of phenolic OH excluding ortho intramolecular Hbond substituents is 1. The first-order valence-electron chi connectivity index (χ1n) is 2.85. The van der Waals surface area contributed by atoms with Crippen LogP contribution in [0.2, 0.25) is 5.02 Å².